The quantitative estimate of drug-likeness (QED) is 0.147. The van der Waals surface area contributed by atoms with Crippen LogP contribution in [-0.4, -0.2) is 43.6 Å². The number of hydrogen-bond acceptors (Lipinski definition) is 11. The lowest BCUT2D eigenvalue weighted by Gasteiger charge is -2.19. The maximum Gasteiger partial charge on any atom is 0.344 e. The van der Waals surface area contributed by atoms with E-state index < -0.39 is 27.5 Å². The number of nitrogens with one attached hydrogen (secondary N) is 4. The number of carbonyl (C=O) groups excluding carboxylic acids is 3. The molecular weight excluding hydrogens is 619 g/mol. The Balaban J connectivity index is 1.15. The summed E-state index contributed by atoms with van der Waals surface area (Å²) in [7, 11) is -3.89. The van der Waals surface area contributed by atoms with Crippen LogP contribution < -0.4 is 25.7 Å². The second-order valence-corrected chi connectivity index (χ2v) is 13.9. The van der Waals surface area contributed by atoms with Crippen molar-refractivity contribution < 1.29 is 32.3 Å². The molecule has 0 unspecified atom stereocenters. The van der Waals surface area contributed by atoms with Crippen LogP contribution in [0.1, 0.15) is 31.9 Å². The molecule has 3 aromatic carbocycles. The van der Waals surface area contributed by atoms with Crippen molar-refractivity contribution in [1.82, 2.24) is 20.8 Å². The number of thiophene rings is 1. The minimum absolute atomic E-state index is 0.0714. The summed E-state index contributed by atoms with van der Waals surface area (Å²) in [6.45, 7) is 5.20. The molecule has 45 heavy (non-hydrogen) atoms. The molecule has 1 aliphatic heterocycles. The van der Waals surface area contributed by atoms with Gasteiger partial charge in [0.2, 0.25) is 5.91 Å². The van der Waals surface area contributed by atoms with E-state index in [0.717, 1.165) is 27.7 Å². The van der Waals surface area contributed by atoms with Gasteiger partial charge in [-0.3, -0.25) is 20.4 Å². The van der Waals surface area contributed by atoms with Crippen LogP contribution in [-0.2, 0) is 35.6 Å². The second kappa shape index (κ2) is 13.0. The Morgan fingerprint density at radius 1 is 0.978 bits per heavy atom. The summed E-state index contributed by atoms with van der Waals surface area (Å²) in [5.41, 5.74) is 10.3. The zero-order valence-corrected chi connectivity index (χ0v) is 26.3. The van der Waals surface area contributed by atoms with Gasteiger partial charge in [-0.1, -0.05) is 36.4 Å². The van der Waals surface area contributed by atoms with Crippen molar-refractivity contribution in [3.8, 4) is 5.75 Å². The fourth-order valence-electron chi connectivity index (χ4n) is 4.28. The number of nitrogens with zero attached hydrogens (tertiary/aromatic N) is 1. The van der Waals surface area contributed by atoms with E-state index in [1.54, 1.807) is 68.6 Å². The van der Waals surface area contributed by atoms with Crippen LogP contribution in [0.15, 0.2) is 88.1 Å². The predicted octanol–water partition coefficient (Wildman–Crippen LogP) is 3.89. The molecule has 5 rings (SSSR count). The Morgan fingerprint density at radius 3 is 2.42 bits per heavy atom. The van der Waals surface area contributed by atoms with Crippen LogP contribution in [0.5, 0.6) is 5.75 Å². The third kappa shape index (κ3) is 8.59. The average molecular weight is 650 g/mol. The lowest BCUT2D eigenvalue weighted by atomic mass is 10.1. The highest BCUT2D eigenvalue weighted by Crippen LogP contribution is 2.24. The van der Waals surface area contributed by atoms with E-state index in [1.807, 2.05) is 30.3 Å². The summed E-state index contributed by atoms with van der Waals surface area (Å²) in [5, 5.41) is 4.74. The fourth-order valence-corrected chi connectivity index (χ4v) is 6.26. The highest BCUT2D eigenvalue weighted by Gasteiger charge is 2.24. The smallest absolute Gasteiger partial charge is 0.344 e. The standard InChI is InChI=1S/C31H31N5O7S2/c1-31(2,3)43-28(38)19-42-25-13-10-22-15-21(6-9-23(22)18-25)16-26-30(39)34-36(33-26)32-24-11-7-20(8-12-24)17-27(37)35-45(40,41)29-5-4-14-44-29/h4-16,18,32-33H,17,19H2,1-3H3,(H,34,39)(H,35,37). The van der Waals surface area contributed by atoms with Crippen LogP contribution in [0.3, 0.4) is 0 Å². The van der Waals surface area contributed by atoms with Gasteiger partial charge >= 0.3 is 5.97 Å². The Bertz CT molecular complexity index is 1870. The highest BCUT2D eigenvalue weighted by atomic mass is 32.2. The summed E-state index contributed by atoms with van der Waals surface area (Å²) >= 11 is 1.03. The SMILES string of the molecule is CC(C)(C)OC(=O)COc1ccc2cc(C=C3NN(Nc4ccc(CC(=O)NS(=O)(=O)c5cccs5)cc4)NC3=O)ccc2c1. The van der Waals surface area contributed by atoms with E-state index in [2.05, 4.69) is 21.0 Å². The molecule has 1 saturated heterocycles. The van der Waals surface area contributed by atoms with Crippen LogP contribution in [0.25, 0.3) is 16.8 Å². The number of anilines is 1. The van der Waals surface area contributed by atoms with E-state index in [1.165, 1.54) is 11.3 Å². The van der Waals surface area contributed by atoms with E-state index in [9.17, 15) is 22.8 Å². The first-order valence-corrected chi connectivity index (χ1v) is 16.1. The van der Waals surface area contributed by atoms with Crippen LogP contribution >= 0.6 is 11.3 Å². The second-order valence-electron chi connectivity index (χ2n) is 11.0. The van der Waals surface area contributed by atoms with Crippen molar-refractivity contribution in [3.05, 3.63) is 95.0 Å². The molecule has 234 valence electrons. The minimum Gasteiger partial charge on any atom is -0.482 e. The number of hydrazine groups is 3. The summed E-state index contributed by atoms with van der Waals surface area (Å²) in [6.07, 6.45) is 1.58. The Kier molecular flexibility index (Phi) is 9.09. The third-order valence-corrected chi connectivity index (χ3v) is 8.95. The van der Waals surface area contributed by atoms with E-state index in [-0.39, 0.29) is 23.1 Å². The zero-order chi connectivity index (χ0) is 32.2. The first-order valence-electron chi connectivity index (χ1n) is 13.8. The molecular formula is C31H31N5O7S2. The number of carbonyl (C=O) groups is 3. The monoisotopic (exact) mass is 649 g/mol. The number of amides is 2. The number of sulfonamides is 1. The average Bonchev–Trinajstić information content (AvgIpc) is 3.63. The van der Waals surface area contributed by atoms with Gasteiger partial charge in [0.1, 0.15) is 21.3 Å². The Morgan fingerprint density at radius 2 is 1.71 bits per heavy atom. The van der Waals surface area contributed by atoms with Gasteiger partial charge in [0.25, 0.3) is 15.9 Å². The minimum atomic E-state index is -3.89. The van der Waals surface area contributed by atoms with Crippen molar-refractivity contribution in [2.45, 2.75) is 37.0 Å². The number of hydrogen-bond donors (Lipinski definition) is 4. The van der Waals surface area contributed by atoms with Crippen molar-refractivity contribution in [3.63, 3.8) is 0 Å². The molecule has 4 N–H and O–H groups in total. The van der Waals surface area contributed by atoms with Gasteiger partial charge in [-0.05, 0) is 95.8 Å². The van der Waals surface area contributed by atoms with E-state index in [4.69, 9.17) is 9.47 Å². The molecule has 0 bridgehead atoms. The molecule has 0 radical (unpaired) electrons. The number of benzene rings is 3. The van der Waals surface area contributed by atoms with Gasteiger partial charge in [-0.25, -0.2) is 23.4 Å². The van der Waals surface area contributed by atoms with Crippen LogP contribution in [0.4, 0.5) is 5.69 Å². The number of ether oxygens (including phenoxy) is 2. The molecule has 1 aliphatic rings. The van der Waals surface area contributed by atoms with Gasteiger partial charge in [0.15, 0.2) is 6.61 Å². The van der Waals surface area contributed by atoms with Crippen LogP contribution in [0.2, 0.25) is 0 Å². The van der Waals surface area contributed by atoms with Gasteiger partial charge in [-0.15, -0.1) is 11.3 Å². The molecule has 0 atom stereocenters. The van der Waals surface area contributed by atoms with Crippen LogP contribution in [0, 0.1) is 0 Å². The summed E-state index contributed by atoms with van der Waals surface area (Å²) in [6, 6.07) is 20.9. The van der Waals surface area contributed by atoms with E-state index >= 15 is 0 Å². The number of esters is 1. The summed E-state index contributed by atoms with van der Waals surface area (Å²) in [4.78, 5) is 36.8. The third-order valence-electron chi connectivity index (χ3n) is 6.18. The molecule has 1 aromatic heterocycles. The molecule has 0 aliphatic carbocycles. The molecule has 14 heteroatoms. The fraction of sp³-hybridized carbons (Fsp3) is 0.194. The van der Waals surface area contributed by atoms with Gasteiger partial charge in [0.05, 0.1) is 12.1 Å². The first kappa shape index (κ1) is 31.5. The predicted molar refractivity (Wildman–Crippen MR) is 170 cm³/mol. The van der Waals surface area contributed by atoms with Gasteiger partial charge in [0, 0.05) is 0 Å². The molecule has 2 heterocycles. The summed E-state index contributed by atoms with van der Waals surface area (Å²) in [5.74, 6) is -0.907. The van der Waals surface area contributed by atoms with Crippen molar-refractivity contribution >= 4 is 61.7 Å². The number of rotatable bonds is 10. The molecule has 0 spiro atoms. The lowest BCUT2D eigenvalue weighted by Crippen LogP contribution is -2.43. The highest BCUT2D eigenvalue weighted by molar-refractivity contribution is 7.92. The van der Waals surface area contributed by atoms with Crippen molar-refractivity contribution in [1.29, 1.82) is 0 Å². The molecule has 1 fully saturated rings. The normalized spacial score (nSPS) is 14.6. The largest absolute Gasteiger partial charge is 0.482 e. The summed E-state index contributed by atoms with van der Waals surface area (Å²) < 4.78 is 37.5. The van der Waals surface area contributed by atoms with Gasteiger partial charge in [-0.2, -0.15) is 0 Å². The molecule has 12 nitrogen and oxygen atoms in total. The molecule has 0 saturated carbocycles. The maximum absolute atomic E-state index is 12.6. The Hall–Kier alpha value is -4.92. The lowest BCUT2D eigenvalue weighted by molar-refractivity contribution is -0.157. The topological polar surface area (TPSA) is 155 Å². The van der Waals surface area contributed by atoms with E-state index in [0.29, 0.717) is 22.7 Å². The van der Waals surface area contributed by atoms with Gasteiger partial charge < -0.3 is 9.47 Å². The first-order chi connectivity index (χ1) is 21.3. The number of fused-ring (bicyclic) bond motifs is 1. The van der Waals surface area contributed by atoms with Crippen molar-refractivity contribution in [2.75, 3.05) is 12.0 Å². The zero-order valence-electron chi connectivity index (χ0n) is 24.6. The molecule has 2 amide bonds. The Labute approximate surface area is 264 Å². The maximum atomic E-state index is 12.6. The molecule has 4 aromatic rings. The van der Waals surface area contributed by atoms with Crippen molar-refractivity contribution in [2.24, 2.45) is 0 Å².